The molecule has 0 aliphatic rings. The van der Waals surface area contributed by atoms with E-state index in [9.17, 15) is 67.7 Å². The molecule has 0 saturated carbocycles. The summed E-state index contributed by atoms with van der Waals surface area (Å²) in [5, 5.41) is 43.6. The van der Waals surface area contributed by atoms with Crippen LogP contribution in [0.25, 0.3) is 0 Å². The average Bonchev–Trinajstić information content (AvgIpc) is 1.14. The Kier molecular flexibility index (Phi) is 39.4. The predicted molar refractivity (Wildman–Crippen MR) is 338 cm³/mol. The first kappa shape index (κ1) is 81.7. The van der Waals surface area contributed by atoms with Gasteiger partial charge in [-0.15, -0.1) is 0 Å². The molecule has 29 N–H and O–H groups in total. The van der Waals surface area contributed by atoms with Gasteiger partial charge in [0.25, 0.3) is 0 Å². The van der Waals surface area contributed by atoms with Crippen LogP contribution in [0.1, 0.15) is 132 Å². The molecule has 0 unspecified atom stereocenters. The Morgan fingerprint density at radius 1 is 0.433 bits per heavy atom. The number of hydrogen-bond acceptors (Lipinski definition) is 18. The molecule has 0 fully saturated rings. The van der Waals surface area contributed by atoms with Gasteiger partial charge in [0, 0.05) is 26.1 Å². The van der Waals surface area contributed by atoms with Crippen LogP contribution in [0.15, 0.2) is 15.0 Å². The van der Waals surface area contributed by atoms with Crippen LogP contribution < -0.4 is 99.5 Å². The van der Waals surface area contributed by atoms with Crippen molar-refractivity contribution in [3.8, 4) is 0 Å². The first-order valence-electron chi connectivity index (χ1n) is 29.7. The normalized spacial score (nSPS) is 15.1. The second-order valence-corrected chi connectivity index (χ2v) is 23.5. The standard InChI is InChI=1S/C54H101N21O14S/c1-9-28(6)40(51(88)89)74-46(83)33(15-12-21-66-54(62)63)68-45(82)34(18-22-90-8)69-43(80)32(14-11-20-65-53(60)61)70-50(87)41(29(7)76)75-49(86)36(24-27(4)5)72-47(84)35(23-26(2)3)71-48(85)37(25-39(57)78)73-44(81)31(13-10-19-64-52(58)59)67-42(79)30(55)16-17-38(56)77/h26-37,40-41,76H,9-25,55H2,1-8H3,(H2,56,77)(H2,57,78)(H,67,79)(H,68,82)(H,69,80)(H,70,87)(H,71,85)(H,72,84)(H,73,81)(H,74,83)(H,75,86)(H,88,89)(H4,58,59,64)(H4,60,61,65)(H4,62,63,66)/t28-,29+,30-,31-,32-,33-,34-,35-,36-,37-,40-,41-/m0/s1. The number of carbonyl (C=O) groups excluding carboxylic acids is 11. The molecule has 0 aromatic carbocycles. The van der Waals surface area contributed by atoms with Crippen molar-refractivity contribution in [2.45, 2.75) is 198 Å². The molecule has 0 aliphatic heterocycles. The van der Waals surface area contributed by atoms with Gasteiger partial charge in [0.15, 0.2) is 17.9 Å². The Balaban J connectivity index is 7.04. The van der Waals surface area contributed by atoms with E-state index in [4.69, 9.17) is 51.6 Å². The van der Waals surface area contributed by atoms with Gasteiger partial charge in [-0.1, -0.05) is 48.0 Å². The third-order valence-corrected chi connectivity index (χ3v) is 14.2. The van der Waals surface area contributed by atoms with Crippen molar-refractivity contribution in [1.82, 2.24) is 47.9 Å². The second-order valence-electron chi connectivity index (χ2n) is 22.5. The zero-order valence-electron chi connectivity index (χ0n) is 52.8. The van der Waals surface area contributed by atoms with Gasteiger partial charge in [-0.25, -0.2) is 4.79 Å². The molecule has 0 aliphatic carbocycles. The summed E-state index contributed by atoms with van der Waals surface area (Å²) in [5.74, 6) is -13.2. The number of thioether (sulfide) groups is 1. The van der Waals surface area contributed by atoms with Gasteiger partial charge in [-0.3, -0.25) is 67.7 Å². The van der Waals surface area contributed by atoms with Crippen molar-refractivity contribution in [3.05, 3.63) is 0 Å². The third kappa shape index (κ3) is 34.5. The highest BCUT2D eigenvalue weighted by Crippen LogP contribution is 2.14. The average molecular weight is 1300 g/mol. The zero-order chi connectivity index (χ0) is 69.0. The minimum Gasteiger partial charge on any atom is -0.480 e. The zero-order valence-corrected chi connectivity index (χ0v) is 53.7. The molecular formula is C54H101N21O14S. The van der Waals surface area contributed by atoms with Crippen LogP contribution in [0.5, 0.6) is 0 Å². The van der Waals surface area contributed by atoms with Gasteiger partial charge < -0.3 is 110 Å². The predicted octanol–water partition coefficient (Wildman–Crippen LogP) is -6.66. The molecule has 35 nitrogen and oxygen atoms in total. The highest BCUT2D eigenvalue weighted by atomic mass is 32.2. The number of aliphatic hydroxyl groups is 1. The number of nitrogens with one attached hydrogen (secondary N) is 9. The van der Waals surface area contributed by atoms with Crippen LogP contribution in [0.2, 0.25) is 0 Å². The Morgan fingerprint density at radius 3 is 1.12 bits per heavy atom. The van der Waals surface area contributed by atoms with E-state index < -0.39 is 150 Å². The lowest BCUT2D eigenvalue weighted by atomic mass is 9.98. The van der Waals surface area contributed by atoms with Crippen LogP contribution in [0, 0.1) is 17.8 Å². The summed E-state index contributed by atoms with van der Waals surface area (Å²) >= 11 is 1.32. The summed E-state index contributed by atoms with van der Waals surface area (Å²) < 4.78 is 0. The van der Waals surface area contributed by atoms with Crippen molar-refractivity contribution in [1.29, 1.82) is 0 Å². The second kappa shape index (κ2) is 43.4. The number of carboxylic acid groups (broad SMARTS) is 1. The van der Waals surface area contributed by atoms with E-state index in [-0.39, 0.29) is 120 Å². The number of nitrogens with two attached hydrogens (primary N) is 9. The molecule has 0 bridgehead atoms. The molecule has 0 saturated heterocycles. The molecule has 0 heterocycles. The summed E-state index contributed by atoms with van der Waals surface area (Å²) in [6.07, 6.45) is -0.942. The number of primary amides is 2. The van der Waals surface area contributed by atoms with E-state index in [0.29, 0.717) is 12.2 Å². The smallest absolute Gasteiger partial charge is 0.326 e. The maximum Gasteiger partial charge on any atom is 0.326 e. The minimum absolute atomic E-state index is 0.00843. The number of amides is 11. The van der Waals surface area contributed by atoms with Crippen molar-refractivity contribution in [2.75, 3.05) is 31.6 Å². The summed E-state index contributed by atoms with van der Waals surface area (Å²) in [7, 11) is 0. The molecule has 12 atom stereocenters. The van der Waals surface area contributed by atoms with E-state index in [1.807, 2.05) is 0 Å². The number of carbonyl (C=O) groups is 12. The van der Waals surface area contributed by atoms with Gasteiger partial charge in [0.2, 0.25) is 65.0 Å². The molecule has 11 amide bonds. The molecule has 0 rings (SSSR count). The van der Waals surface area contributed by atoms with E-state index in [1.165, 1.54) is 18.7 Å². The number of rotatable bonds is 46. The fraction of sp³-hybridized carbons (Fsp3) is 0.722. The maximum absolute atomic E-state index is 14.3. The van der Waals surface area contributed by atoms with Gasteiger partial charge >= 0.3 is 5.97 Å². The van der Waals surface area contributed by atoms with E-state index in [1.54, 1.807) is 47.8 Å². The van der Waals surface area contributed by atoms with Crippen LogP contribution in [-0.4, -0.2) is 197 Å². The molecule has 90 heavy (non-hydrogen) atoms. The van der Waals surface area contributed by atoms with Crippen LogP contribution >= 0.6 is 11.8 Å². The number of carboxylic acids is 1. The lowest BCUT2D eigenvalue weighted by Gasteiger charge is -2.29. The van der Waals surface area contributed by atoms with Gasteiger partial charge in [-0.05, 0) is 101 Å². The Bertz CT molecular complexity index is 2470. The minimum atomic E-state index is -1.81. The lowest BCUT2D eigenvalue weighted by molar-refractivity contribution is -0.144. The summed E-state index contributed by atoms with van der Waals surface area (Å²) in [6.45, 7) is 11.4. The number of aliphatic carboxylic acids is 1. The fourth-order valence-corrected chi connectivity index (χ4v) is 9.04. The monoisotopic (exact) mass is 1300 g/mol. The number of aliphatic hydroxyl groups excluding tert-OH is 1. The summed E-state index contributed by atoms with van der Waals surface area (Å²) in [5.41, 5.74) is 49.4. The third-order valence-electron chi connectivity index (χ3n) is 13.6. The van der Waals surface area contributed by atoms with Crippen molar-refractivity contribution < 1.29 is 67.7 Å². The number of nitrogens with zero attached hydrogens (tertiary/aromatic N) is 3. The molecule has 0 spiro atoms. The van der Waals surface area contributed by atoms with Gasteiger partial charge in [0.05, 0.1) is 18.6 Å². The quantitative estimate of drug-likeness (QED) is 0.0153. The number of guanidine groups is 3. The summed E-state index contributed by atoms with van der Waals surface area (Å²) in [6, 6.07) is -14.7. The van der Waals surface area contributed by atoms with Crippen LogP contribution in [0.4, 0.5) is 0 Å². The Hall–Kier alpha value is -8.28. The molecule has 512 valence electrons. The maximum atomic E-state index is 14.3. The Labute approximate surface area is 528 Å². The topological polar surface area (TPSA) is 625 Å². The molecule has 0 aromatic heterocycles. The summed E-state index contributed by atoms with van der Waals surface area (Å²) in [4.78, 5) is 174. The van der Waals surface area contributed by atoms with E-state index in [2.05, 4.69) is 62.8 Å². The largest absolute Gasteiger partial charge is 0.480 e. The van der Waals surface area contributed by atoms with Gasteiger partial charge in [0.1, 0.15) is 54.4 Å². The number of aliphatic imine (C=N–C) groups is 3. The number of hydrogen-bond donors (Lipinski definition) is 20. The molecular weight excluding hydrogens is 1200 g/mol. The SMILES string of the molecule is CC[C@H](C)[C@H](NC(=O)[C@H](CCCN=C(N)N)NC(=O)[C@H](CCSC)NC(=O)[C@H](CCCN=C(N)N)NC(=O)[C@@H](NC(=O)[C@H](CC(C)C)NC(=O)[C@H](CC(C)C)NC(=O)[C@H](CC(N)=O)NC(=O)[C@H](CCCN=C(N)N)NC(=O)[C@@H](N)CCC(N)=O)[C@@H](C)O)C(=O)O. The van der Waals surface area contributed by atoms with Crippen LogP contribution in [-0.2, 0) is 57.5 Å². The van der Waals surface area contributed by atoms with Crippen molar-refractivity contribution >= 4 is 101 Å². The first-order valence-corrected chi connectivity index (χ1v) is 31.1. The fourth-order valence-electron chi connectivity index (χ4n) is 8.56. The van der Waals surface area contributed by atoms with E-state index in [0.717, 1.165) is 0 Å². The molecule has 0 aromatic rings. The van der Waals surface area contributed by atoms with E-state index >= 15 is 0 Å². The first-order chi connectivity index (χ1) is 42.0. The molecule has 36 heteroatoms. The van der Waals surface area contributed by atoms with Crippen molar-refractivity contribution in [3.63, 3.8) is 0 Å². The lowest BCUT2D eigenvalue weighted by Crippen LogP contribution is -2.62. The van der Waals surface area contributed by atoms with Crippen molar-refractivity contribution in [2.24, 2.45) is 84.3 Å². The highest BCUT2D eigenvalue weighted by Gasteiger charge is 2.38. The Morgan fingerprint density at radius 2 is 0.767 bits per heavy atom. The molecule has 0 radical (unpaired) electrons. The highest BCUT2D eigenvalue weighted by molar-refractivity contribution is 7.98. The van der Waals surface area contributed by atoms with Crippen LogP contribution in [0.3, 0.4) is 0 Å². The van der Waals surface area contributed by atoms with Gasteiger partial charge in [-0.2, -0.15) is 11.8 Å².